The standard InChI is InChI=1S/C9H14N4OS2/c1-3-13(4-2)8(15)5-6(10)11-9(16)12-7(5)14/h3-4H2,1-2H3,(H4,10,11,12,14,16). The van der Waals surface area contributed by atoms with Gasteiger partial charge in [0.25, 0.3) is 5.56 Å². The van der Waals surface area contributed by atoms with Gasteiger partial charge in [-0.25, -0.2) is 0 Å². The first-order valence-electron chi connectivity index (χ1n) is 4.92. The zero-order chi connectivity index (χ0) is 12.3. The van der Waals surface area contributed by atoms with Gasteiger partial charge in [-0.1, -0.05) is 12.2 Å². The average molecular weight is 258 g/mol. The molecule has 0 amide bonds. The van der Waals surface area contributed by atoms with Crippen LogP contribution in [0.1, 0.15) is 19.4 Å². The molecule has 7 heteroatoms. The van der Waals surface area contributed by atoms with Crippen molar-refractivity contribution in [2.24, 2.45) is 0 Å². The molecule has 1 aromatic heterocycles. The molecule has 5 nitrogen and oxygen atoms in total. The Balaban J connectivity index is 3.29. The quantitative estimate of drug-likeness (QED) is 0.706. The number of nitrogens with one attached hydrogen (secondary N) is 2. The predicted molar refractivity (Wildman–Crippen MR) is 71.3 cm³/mol. The van der Waals surface area contributed by atoms with Gasteiger partial charge in [-0.2, -0.15) is 0 Å². The van der Waals surface area contributed by atoms with E-state index in [2.05, 4.69) is 9.97 Å². The number of nitrogens with two attached hydrogens (primary N) is 1. The molecule has 0 bridgehead atoms. The Hall–Kier alpha value is -1.21. The molecule has 88 valence electrons. The minimum Gasteiger partial charge on any atom is -0.384 e. The Morgan fingerprint density at radius 3 is 2.38 bits per heavy atom. The van der Waals surface area contributed by atoms with Crippen LogP contribution >= 0.6 is 24.4 Å². The summed E-state index contributed by atoms with van der Waals surface area (Å²) in [6, 6.07) is 0. The molecule has 0 spiro atoms. The maximum absolute atomic E-state index is 11.7. The molecular formula is C9H14N4OS2. The zero-order valence-electron chi connectivity index (χ0n) is 9.16. The van der Waals surface area contributed by atoms with E-state index in [-0.39, 0.29) is 21.7 Å². The highest BCUT2D eigenvalue weighted by Crippen LogP contribution is 2.07. The lowest BCUT2D eigenvalue weighted by Gasteiger charge is -2.21. The molecule has 0 saturated carbocycles. The molecule has 0 saturated heterocycles. The van der Waals surface area contributed by atoms with Gasteiger partial charge < -0.3 is 15.6 Å². The number of aromatic amines is 2. The summed E-state index contributed by atoms with van der Waals surface area (Å²) >= 11 is 10.0. The van der Waals surface area contributed by atoms with Crippen LogP contribution in [0, 0.1) is 4.77 Å². The first kappa shape index (κ1) is 12.9. The largest absolute Gasteiger partial charge is 0.384 e. The third-order valence-corrected chi connectivity index (χ3v) is 2.90. The maximum Gasteiger partial charge on any atom is 0.264 e. The summed E-state index contributed by atoms with van der Waals surface area (Å²) < 4.78 is 0.202. The van der Waals surface area contributed by atoms with E-state index in [1.165, 1.54) is 0 Å². The molecule has 0 atom stereocenters. The molecule has 0 aliphatic heterocycles. The summed E-state index contributed by atoms with van der Waals surface area (Å²) in [7, 11) is 0. The van der Waals surface area contributed by atoms with E-state index >= 15 is 0 Å². The number of anilines is 1. The van der Waals surface area contributed by atoms with Crippen molar-refractivity contribution in [1.29, 1.82) is 0 Å². The normalized spacial score (nSPS) is 10.1. The van der Waals surface area contributed by atoms with Crippen molar-refractivity contribution in [2.45, 2.75) is 13.8 Å². The van der Waals surface area contributed by atoms with E-state index in [4.69, 9.17) is 30.2 Å². The molecule has 1 heterocycles. The van der Waals surface area contributed by atoms with Crippen molar-refractivity contribution in [1.82, 2.24) is 14.9 Å². The third-order valence-electron chi connectivity index (χ3n) is 2.24. The smallest absolute Gasteiger partial charge is 0.264 e. The molecule has 0 aromatic carbocycles. The minimum atomic E-state index is -0.349. The predicted octanol–water partition coefficient (Wildman–Crippen LogP) is 1.03. The molecule has 16 heavy (non-hydrogen) atoms. The van der Waals surface area contributed by atoms with Gasteiger partial charge in [0, 0.05) is 13.1 Å². The molecular weight excluding hydrogens is 244 g/mol. The van der Waals surface area contributed by atoms with E-state index in [0.717, 1.165) is 13.1 Å². The molecule has 0 radical (unpaired) electrons. The van der Waals surface area contributed by atoms with E-state index in [1.807, 2.05) is 18.7 Å². The number of hydrogen-bond donors (Lipinski definition) is 3. The minimum absolute atomic E-state index is 0.202. The number of nitrogens with zero attached hydrogens (tertiary/aromatic N) is 1. The summed E-state index contributed by atoms with van der Waals surface area (Å²) in [6.45, 7) is 5.38. The van der Waals surface area contributed by atoms with Crippen LogP contribution in [0.3, 0.4) is 0 Å². The van der Waals surface area contributed by atoms with Crippen molar-refractivity contribution in [3.8, 4) is 0 Å². The van der Waals surface area contributed by atoms with Crippen LogP contribution in [0.4, 0.5) is 5.82 Å². The number of thiocarbonyl (C=S) groups is 1. The zero-order valence-corrected chi connectivity index (χ0v) is 10.8. The Morgan fingerprint density at radius 2 is 1.94 bits per heavy atom. The maximum atomic E-state index is 11.7. The van der Waals surface area contributed by atoms with E-state index in [1.54, 1.807) is 0 Å². The lowest BCUT2D eigenvalue weighted by molar-refractivity contribution is 0.474. The SMILES string of the molecule is CCN(CC)C(=S)c1c(N)[nH]c(=S)[nH]c1=O. The number of rotatable bonds is 3. The van der Waals surface area contributed by atoms with Gasteiger partial charge in [-0.15, -0.1) is 0 Å². The van der Waals surface area contributed by atoms with E-state index in [0.29, 0.717) is 4.99 Å². The van der Waals surface area contributed by atoms with Gasteiger partial charge >= 0.3 is 0 Å². The Labute approximate surface area is 104 Å². The van der Waals surface area contributed by atoms with Crippen LogP contribution in [0.25, 0.3) is 0 Å². The monoisotopic (exact) mass is 258 g/mol. The fourth-order valence-corrected chi connectivity index (χ4v) is 2.05. The fraction of sp³-hybridized carbons (Fsp3) is 0.444. The summed E-state index contributed by atoms with van der Waals surface area (Å²) in [5, 5.41) is 0. The second kappa shape index (κ2) is 5.22. The van der Waals surface area contributed by atoms with Gasteiger partial charge in [-0.3, -0.25) is 9.78 Å². The fourth-order valence-electron chi connectivity index (χ4n) is 1.39. The molecule has 0 aliphatic rings. The van der Waals surface area contributed by atoms with Gasteiger partial charge in [0.05, 0.1) is 0 Å². The van der Waals surface area contributed by atoms with Crippen LogP contribution in [0.2, 0.25) is 0 Å². The highest BCUT2D eigenvalue weighted by molar-refractivity contribution is 7.80. The lowest BCUT2D eigenvalue weighted by Crippen LogP contribution is -2.35. The molecule has 0 aliphatic carbocycles. The summed E-state index contributed by atoms with van der Waals surface area (Å²) in [4.78, 5) is 19.2. The van der Waals surface area contributed by atoms with Crippen LogP contribution in [0.5, 0.6) is 0 Å². The second-order valence-electron chi connectivity index (χ2n) is 3.17. The van der Waals surface area contributed by atoms with E-state index < -0.39 is 0 Å². The highest BCUT2D eigenvalue weighted by Gasteiger charge is 2.15. The van der Waals surface area contributed by atoms with Gasteiger partial charge in [-0.05, 0) is 26.1 Å². The van der Waals surface area contributed by atoms with Gasteiger partial charge in [0.2, 0.25) is 0 Å². The van der Waals surface area contributed by atoms with Crippen molar-refractivity contribution in [2.75, 3.05) is 18.8 Å². The Bertz CT molecular complexity index is 501. The second-order valence-corrected chi connectivity index (χ2v) is 3.97. The van der Waals surface area contributed by atoms with E-state index in [9.17, 15) is 4.79 Å². The third kappa shape index (κ3) is 2.48. The van der Waals surface area contributed by atoms with Crippen molar-refractivity contribution in [3.63, 3.8) is 0 Å². The Morgan fingerprint density at radius 1 is 1.38 bits per heavy atom. The molecule has 0 fully saturated rings. The van der Waals surface area contributed by atoms with Crippen molar-refractivity contribution in [3.05, 3.63) is 20.7 Å². The summed E-state index contributed by atoms with van der Waals surface area (Å²) in [5.74, 6) is 0.214. The topological polar surface area (TPSA) is 77.9 Å². The number of aromatic nitrogens is 2. The summed E-state index contributed by atoms with van der Waals surface area (Å²) in [5.41, 5.74) is 5.65. The Kier molecular flexibility index (Phi) is 4.19. The molecule has 4 N–H and O–H groups in total. The van der Waals surface area contributed by atoms with Crippen molar-refractivity contribution < 1.29 is 0 Å². The molecule has 0 unspecified atom stereocenters. The van der Waals surface area contributed by atoms with Crippen molar-refractivity contribution >= 4 is 35.2 Å². The van der Waals surface area contributed by atoms with Crippen LogP contribution in [0.15, 0.2) is 4.79 Å². The number of H-pyrrole nitrogens is 2. The average Bonchev–Trinajstić information content (AvgIpc) is 2.17. The lowest BCUT2D eigenvalue weighted by atomic mass is 10.2. The first-order valence-corrected chi connectivity index (χ1v) is 5.74. The molecule has 1 rings (SSSR count). The summed E-state index contributed by atoms with van der Waals surface area (Å²) in [6.07, 6.45) is 0. The first-order chi connectivity index (χ1) is 7.51. The highest BCUT2D eigenvalue weighted by atomic mass is 32.1. The van der Waals surface area contributed by atoms with Gasteiger partial charge in [0.15, 0.2) is 4.77 Å². The van der Waals surface area contributed by atoms with Crippen LogP contribution in [-0.2, 0) is 0 Å². The van der Waals surface area contributed by atoms with Crippen LogP contribution in [-0.4, -0.2) is 32.9 Å². The van der Waals surface area contributed by atoms with Crippen LogP contribution < -0.4 is 11.3 Å². The molecule has 1 aromatic rings. The number of hydrogen-bond acceptors (Lipinski definition) is 4. The number of nitrogen functional groups attached to an aromatic ring is 1. The van der Waals surface area contributed by atoms with Gasteiger partial charge in [0.1, 0.15) is 16.4 Å².